The summed E-state index contributed by atoms with van der Waals surface area (Å²) < 4.78 is 0. The number of nitrogens with zero attached hydrogens (tertiary/aromatic N) is 2. The van der Waals surface area contributed by atoms with E-state index in [0.29, 0.717) is 28.1 Å². The molecule has 0 spiro atoms. The zero-order chi connectivity index (χ0) is 23.4. The summed E-state index contributed by atoms with van der Waals surface area (Å²) >= 11 is 1.18. The zero-order valence-electron chi connectivity index (χ0n) is 17.9. The van der Waals surface area contributed by atoms with E-state index < -0.39 is 23.9 Å². The predicted octanol–water partition coefficient (Wildman–Crippen LogP) is 1.15. The molecule has 0 saturated heterocycles. The third kappa shape index (κ3) is 6.37. The molecule has 33 heavy (non-hydrogen) atoms. The van der Waals surface area contributed by atoms with Crippen LogP contribution in [0.2, 0.25) is 0 Å². The second-order valence-corrected chi connectivity index (χ2v) is 8.36. The molecule has 0 aliphatic heterocycles. The molecule has 1 aromatic carbocycles. The number of aromatic nitrogens is 2. The van der Waals surface area contributed by atoms with Gasteiger partial charge in [0.2, 0.25) is 0 Å². The van der Waals surface area contributed by atoms with Gasteiger partial charge in [-0.1, -0.05) is 6.07 Å². The summed E-state index contributed by atoms with van der Waals surface area (Å²) in [5, 5.41) is 21.6. The van der Waals surface area contributed by atoms with Gasteiger partial charge in [-0.15, -0.1) is 11.3 Å². The van der Waals surface area contributed by atoms with Gasteiger partial charge in [-0.05, 0) is 43.2 Å². The second-order valence-electron chi connectivity index (χ2n) is 7.29. The van der Waals surface area contributed by atoms with Crippen molar-refractivity contribution >= 4 is 45.1 Å². The number of aliphatic carboxylic acids is 2. The van der Waals surface area contributed by atoms with Crippen LogP contribution in [0.5, 0.6) is 0 Å². The number of aromatic amines is 1. The van der Waals surface area contributed by atoms with Crippen molar-refractivity contribution in [1.82, 2.24) is 15.3 Å². The molecule has 176 valence electrons. The lowest BCUT2D eigenvalue weighted by Gasteiger charge is -2.17. The molecule has 0 aliphatic carbocycles. The Kier molecular flexibility index (Phi) is 8.26. The van der Waals surface area contributed by atoms with Crippen LogP contribution in [0.25, 0.3) is 10.9 Å². The molecule has 0 fully saturated rings. The van der Waals surface area contributed by atoms with Gasteiger partial charge in [0.25, 0.3) is 11.5 Å². The quantitative estimate of drug-likeness (QED) is 0.354. The Morgan fingerprint density at radius 3 is 2.61 bits per heavy atom. The van der Waals surface area contributed by atoms with Crippen LogP contribution in [-0.4, -0.2) is 56.6 Å². The first kappa shape index (κ1) is 25.5. The van der Waals surface area contributed by atoms with E-state index in [2.05, 4.69) is 15.3 Å². The third-order valence-electron chi connectivity index (χ3n) is 4.75. The zero-order valence-corrected chi connectivity index (χ0v) is 18.7. The number of benzene rings is 1. The molecule has 12 heteroatoms. The van der Waals surface area contributed by atoms with E-state index in [9.17, 15) is 24.3 Å². The second kappa shape index (κ2) is 10.7. The van der Waals surface area contributed by atoms with E-state index in [-0.39, 0.29) is 23.9 Å². The molecule has 3 rings (SSSR count). The topological polar surface area (TPSA) is 184 Å². The van der Waals surface area contributed by atoms with Crippen LogP contribution in [0, 0.1) is 6.92 Å². The maximum absolute atomic E-state index is 12.4. The smallest absolute Gasteiger partial charge is 0.326 e. The number of carboxylic acid groups (broad SMARTS) is 2. The van der Waals surface area contributed by atoms with Gasteiger partial charge in [-0.25, -0.2) is 9.78 Å². The third-order valence-corrected chi connectivity index (χ3v) is 5.95. The standard InChI is InChI=1S/C21H22N4O6S.H2O/c1-11-22-14-4-3-12(9-13(14)19(28)23-11)10-25(2)17-7-6-16(32-17)20(29)24-15(21(30)31)5-8-18(26)27;/h3-4,6-7,9,15H,5,8,10H2,1-2H3,(H,24,29)(H,26,27)(H,30,31)(H,22,23,28);1H2. The number of rotatable bonds is 9. The van der Waals surface area contributed by atoms with Crippen molar-refractivity contribution in [2.45, 2.75) is 32.4 Å². The molecular formula is C21H24N4O7S. The van der Waals surface area contributed by atoms with Gasteiger partial charge in [0.15, 0.2) is 0 Å². The Labute approximate surface area is 192 Å². The normalized spacial score (nSPS) is 11.5. The van der Waals surface area contributed by atoms with Crippen LogP contribution in [0.4, 0.5) is 5.00 Å². The monoisotopic (exact) mass is 476 g/mol. The predicted molar refractivity (Wildman–Crippen MR) is 123 cm³/mol. The van der Waals surface area contributed by atoms with E-state index in [1.54, 1.807) is 31.2 Å². The summed E-state index contributed by atoms with van der Waals surface area (Å²) in [5.41, 5.74) is 1.29. The van der Waals surface area contributed by atoms with Gasteiger partial charge in [0.05, 0.1) is 20.8 Å². The van der Waals surface area contributed by atoms with Crippen molar-refractivity contribution in [2.75, 3.05) is 11.9 Å². The van der Waals surface area contributed by atoms with Crippen molar-refractivity contribution in [1.29, 1.82) is 0 Å². The molecule has 1 atom stereocenters. The highest BCUT2D eigenvalue weighted by molar-refractivity contribution is 7.17. The Bertz CT molecular complexity index is 1240. The van der Waals surface area contributed by atoms with E-state index in [1.807, 2.05) is 18.0 Å². The summed E-state index contributed by atoms with van der Waals surface area (Å²) in [7, 11) is 1.84. The number of nitrogens with one attached hydrogen (secondary N) is 2. The lowest BCUT2D eigenvalue weighted by molar-refractivity contribution is -0.140. The van der Waals surface area contributed by atoms with E-state index >= 15 is 0 Å². The number of hydrogen-bond donors (Lipinski definition) is 4. The number of carboxylic acids is 2. The summed E-state index contributed by atoms with van der Waals surface area (Å²) in [6.45, 7) is 2.19. The Morgan fingerprint density at radius 2 is 1.94 bits per heavy atom. The van der Waals surface area contributed by atoms with Crippen LogP contribution in [-0.2, 0) is 16.1 Å². The summed E-state index contributed by atoms with van der Waals surface area (Å²) in [6.07, 6.45) is -0.566. The van der Waals surface area contributed by atoms with Gasteiger partial charge in [-0.3, -0.25) is 14.4 Å². The number of anilines is 1. The molecular weight excluding hydrogens is 452 g/mol. The van der Waals surface area contributed by atoms with E-state index in [0.717, 1.165) is 10.6 Å². The number of H-pyrrole nitrogens is 1. The van der Waals surface area contributed by atoms with E-state index in [1.165, 1.54) is 11.3 Å². The number of amides is 1. The summed E-state index contributed by atoms with van der Waals surface area (Å²) in [6, 6.07) is 7.49. The fourth-order valence-corrected chi connectivity index (χ4v) is 4.03. The lowest BCUT2D eigenvalue weighted by Crippen LogP contribution is -2.40. The van der Waals surface area contributed by atoms with Gasteiger partial charge in [-0.2, -0.15) is 0 Å². The van der Waals surface area contributed by atoms with Crippen molar-refractivity contribution in [3.8, 4) is 0 Å². The fourth-order valence-electron chi connectivity index (χ4n) is 3.16. The van der Waals surface area contributed by atoms with Crippen molar-refractivity contribution in [3.63, 3.8) is 0 Å². The number of fused-ring (bicyclic) bond motifs is 1. The lowest BCUT2D eigenvalue weighted by atomic mass is 10.1. The number of hydrogen-bond acceptors (Lipinski definition) is 7. The SMILES string of the molecule is Cc1nc2ccc(CN(C)c3ccc(C(=O)NC(CCC(=O)O)C(=O)O)s3)cc2c(=O)[nH]1.O. The maximum atomic E-state index is 12.4. The number of thiophene rings is 1. The highest BCUT2D eigenvalue weighted by atomic mass is 32.1. The maximum Gasteiger partial charge on any atom is 0.326 e. The minimum absolute atomic E-state index is 0. The minimum Gasteiger partial charge on any atom is -0.481 e. The summed E-state index contributed by atoms with van der Waals surface area (Å²) in [4.78, 5) is 55.8. The van der Waals surface area contributed by atoms with Gasteiger partial charge in [0, 0.05) is 20.0 Å². The first-order valence-corrected chi connectivity index (χ1v) is 10.5. The number of carbonyl (C=O) groups excluding carboxylic acids is 1. The van der Waals surface area contributed by atoms with Crippen LogP contribution >= 0.6 is 11.3 Å². The van der Waals surface area contributed by atoms with Gasteiger partial charge >= 0.3 is 11.9 Å². The van der Waals surface area contributed by atoms with Crippen LogP contribution in [0.3, 0.4) is 0 Å². The number of carbonyl (C=O) groups is 3. The molecule has 0 radical (unpaired) electrons. The Morgan fingerprint density at radius 1 is 1.21 bits per heavy atom. The Hall–Kier alpha value is -3.77. The first-order chi connectivity index (χ1) is 15.1. The van der Waals surface area contributed by atoms with Crippen molar-refractivity contribution in [2.24, 2.45) is 0 Å². The van der Waals surface area contributed by atoms with E-state index in [4.69, 9.17) is 5.11 Å². The average Bonchev–Trinajstić information content (AvgIpc) is 3.21. The largest absolute Gasteiger partial charge is 0.481 e. The molecule has 0 saturated carbocycles. The first-order valence-electron chi connectivity index (χ1n) is 9.70. The molecule has 6 N–H and O–H groups in total. The van der Waals surface area contributed by atoms with Gasteiger partial charge < -0.3 is 30.9 Å². The minimum atomic E-state index is -1.29. The van der Waals surface area contributed by atoms with Crippen molar-refractivity contribution < 1.29 is 30.1 Å². The highest BCUT2D eigenvalue weighted by Crippen LogP contribution is 2.27. The van der Waals surface area contributed by atoms with Crippen LogP contribution in [0.1, 0.15) is 33.9 Å². The molecule has 2 aromatic heterocycles. The number of aryl methyl sites for hydroxylation is 1. The van der Waals surface area contributed by atoms with Crippen LogP contribution in [0.15, 0.2) is 35.1 Å². The van der Waals surface area contributed by atoms with Crippen LogP contribution < -0.4 is 15.8 Å². The molecule has 11 nitrogen and oxygen atoms in total. The fraction of sp³-hybridized carbons (Fsp3) is 0.286. The molecule has 0 aliphatic rings. The Balaban J connectivity index is 0.00000385. The molecule has 2 heterocycles. The molecule has 1 unspecified atom stereocenters. The average molecular weight is 477 g/mol. The van der Waals surface area contributed by atoms with Crippen molar-refractivity contribution in [3.05, 3.63) is 57.0 Å². The molecule has 0 bridgehead atoms. The molecule has 3 aromatic rings. The summed E-state index contributed by atoms with van der Waals surface area (Å²) in [5.74, 6) is -2.45. The molecule has 1 amide bonds. The highest BCUT2D eigenvalue weighted by Gasteiger charge is 2.22. The van der Waals surface area contributed by atoms with Gasteiger partial charge in [0.1, 0.15) is 11.9 Å².